The predicted octanol–water partition coefficient (Wildman–Crippen LogP) is 5.59. The van der Waals surface area contributed by atoms with E-state index in [2.05, 4.69) is 15.9 Å². The number of halogens is 4. The predicted molar refractivity (Wildman–Crippen MR) is 83.7 cm³/mol. The fraction of sp³-hybridized carbons (Fsp3) is 0.118. The lowest BCUT2D eigenvalue weighted by Crippen LogP contribution is -2.12. The van der Waals surface area contributed by atoms with Gasteiger partial charge in [0.2, 0.25) is 0 Å². The highest BCUT2D eigenvalue weighted by molar-refractivity contribution is 9.10. The van der Waals surface area contributed by atoms with Crippen LogP contribution in [0.1, 0.15) is 21.5 Å². The van der Waals surface area contributed by atoms with Gasteiger partial charge >= 0.3 is 6.18 Å². The first-order valence-electron chi connectivity index (χ1n) is 6.43. The summed E-state index contributed by atoms with van der Waals surface area (Å²) in [7, 11) is 0. The molecule has 0 bridgehead atoms. The van der Waals surface area contributed by atoms with Gasteiger partial charge < -0.3 is 0 Å². The van der Waals surface area contributed by atoms with Gasteiger partial charge in [0.05, 0.1) is 5.57 Å². The third-order valence-corrected chi connectivity index (χ3v) is 3.60. The highest BCUT2D eigenvalue weighted by Crippen LogP contribution is 2.34. The lowest BCUT2D eigenvalue weighted by molar-refractivity contribution is -0.0689. The molecule has 0 unspecified atom stereocenters. The van der Waals surface area contributed by atoms with Crippen molar-refractivity contribution >= 4 is 27.3 Å². The van der Waals surface area contributed by atoms with Crippen LogP contribution in [0.3, 0.4) is 0 Å². The van der Waals surface area contributed by atoms with Crippen molar-refractivity contribution in [1.82, 2.24) is 0 Å². The van der Waals surface area contributed by atoms with Gasteiger partial charge in [-0.1, -0.05) is 57.9 Å². The fourth-order valence-corrected chi connectivity index (χ4v) is 2.15. The smallest absolute Gasteiger partial charge is 0.289 e. The maximum Gasteiger partial charge on any atom is 0.417 e. The van der Waals surface area contributed by atoms with Crippen molar-refractivity contribution < 1.29 is 18.0 Å². The van der Waals surface area contributed by atoms with Crippen LogP contribution in [0.4, 0.5) is 13.2 Å². The Bertz CT molecular complexity index is 698. The summed E-state index contributed by atoms with van der Waals surface area (Å²) in [4.78, 5) is 12.1. The maximum absolute atomic E-state index is 13.2. The Labute approximate surface area is 134 Å². The number of carbonyl (C=O) groups is 1. The number of carbonyl (C=O) groups excluding carboxylic acids is 1. The van der Waals surface area contributed by atoms with Crippen molar-refractivity contribution in [1.29, 1.82) is 0 Å². The normalized spacial score (nSPS) is 12.3. The van der Waals surface area contributed by atoms with Crippen molar-refractivity contribution in [2.45, 2.75) is 13.1 Å². The van der Waals surface area contributed by atoms with E-state index in [1.165, 1.54) is 36.4 Å². The fourth-order valence-electron chi connectivity index (χ4n) is 1.89. The van der Waals surface area contributed by atoms with Crippen molar-refractivity contribution in [2.24, 2.45) is 0 Å². The first-order valence-corrected chi connectivity index (χ1v) is 7.22. The molecule has 2 rings (SSSR count). The van der Waals surface area contributed by atoms with Crippen LogP contribution in [0.5, 0.6) is 0 Å². The van der Waals surface area contributed by atoms with Crippen LogP contribution in [-0.4, -0.2) is 12.0 Å². The van der Waals surface area contributed by atoms with Gasteiger partial charge in [-0.05, 0) is 30.7 Å². The number of rotatable bonds is 3. The van der Waals surface area contributed by atoms with Gasteiger partial charge in [0.15, 0.2) is 5.78 Å². The van der Waals surface area contributed by atoms with Gasteiger partial charge in [0.1, 0.15) is 0 Å². The SMILES string of the molecule is Cc1ccc(C(=O)C=C(c2ccc(Br)cc2)C(F)(F)F)cc1. The van der Waals surface area contributed by atoms with Crippen molar-refractivity contribution in [3.05, 3.63) is 75.8 Å². The molecule has 5 heteroatoms. The third-order valence-electron chi connectivity index (χ3n) is 3.07. The highest BCUT2D eigenvalue weighted by atomic mass is 79.9. The molecule has 0 amide bonds. The zero-order valence-electron chi connectivity index (χ0n) is 11.6. The summed E-state index contributed by atoms with van der Waals surface area (Å²) in [6, 6.07) is 12.1. The number of hydrogen-bond acceptors (Lipinski definition) is 1. The lowest BCUT2D eigenvalue weighted by Gasteiger charge is -2.12. The van der Waals surface area contributed by atoms with Gasteiger partial charge in [-0.15, -0.1) is 0 Å². The molecule has 2 aromatic rings. The summed E-state index contributed by atoms with van der Waals surface area (Å²) in [6.45, 7) is 1.84. The topological polar surface area (TPSA) is 17.1 Å². The largest absolute Gasteiger partial charge is 0.417 e. The molecule has 0 N–H and O–H groups in total. The Hall–Kier alpha value is -1.88. The molecule has 114 valence electrons. The third kappa shape index (κ3) is 4.07. The second kappa shape index (κ2) is 6.48. The van der Waals surface area contributed by atoms with Gasteiger partial charge in [-0.3, -0.25) is 4.79 Å². The lowest BCUT2D eigenvalue weighted by atomic mass is 10.0. The van der Waals surface area contributed by atoms with E-state index < -0.39 is 17.5 Å². The van der Waals surface area contributed by atoms with Crippen LogP contribution < -0.4 is 0 Å². The minimum absolute atomic E-state index is 0.0452. The van der Waals surface area contributed by atoms with Crippen LogP contribution in [0.25, 0.3) is 5.57 Å². The Morgan fingerprint density at radius 3 is 1.95 bits per heavy atom. The molecule has 0 aromatic heterocycles. The monoisotopic (exact) mass is 368 g/mol. The van der Waals surface area contributed by atoms with Crippen molar-refractivity contribution in [3.63, 3.8) is 0 Å². The molecule has 22 heavy (non-hydrogen) atoms. The number of benzene rings is 2. The number of allylic oxidation sites excluding steroid dienone is 2. The van der Waals surface area contributed by atoms with E-state index in [0.717, 1.165) is 5.56 Å². The molecule has 0 spiro atoms. The van der Waals surface area contributed by atoms with Crippen LogP contribution in [0.15, 0.2) is 59.1 Å². The number of alkyl halides is 3. The van der Waals surface area contributed by atoms with Gasteiger partial charge in [0, 0.05) is 10.0 Å². The average Bonchev–Trinajstić information content (AvgIpc) is 2.45. The minimum Gasteiger partial charge on any atom is -0.289 e. The molecule has 1 nitrogen and oxygen atoms in total. The van der Waals surface area contributed by atoms with Crippen molar-refractivity contribution in [3.8, 4) is 0 Å². The molecule has 2 aromatic carbocycles. The number of ketones is 1. The molecule has 0 saturated carbocycles. The molecule has 0 aliphatic heterocycles. The molecular weight excluding hydrogens is 357 g/mol. The van der Waals surface area contributed by atoms with Gasteiger partial charge in [-0.2, -0.15) is 13.2 Å². The minimum atomic E-state index is -4.60. The van der Waals surface area contributed by atoms with E-state index in [1.807, 2.05) is 6.92 Å². The molecule has 0 saturated heterocycles. The Kier molecular flexibility index (Phi) is 4.86. The summed E-state index contributed by atoms with van der Waals surface area (Å²) >= 11 is 3.17. The molecular formula is C17H12BrF3O. The van der Waals surface area contributed by atoms with Crippen LogP contribution >= 0.6 is 15.9 Å². The van der Waals surface area contributed by atoms with E-state index in [1.54, 1.807) is 12.1 Å². The van der Waals surface area contributed by atoms with E-state index in [-0.39, 0.29) is 11.1 Å². The number of aryl methyl sites for hydroxylation is 1. The Morgan fingerprint density at radius 2 is 1.45 bits per heavy atom. The quantitative estimate of drug-likeness (QED) is 0.510. The second-order valence-electron chi connectivity index (χ2n) is 4.79. The van der Waals surface area contributed by atoms with Gasteiger partial charge in [-0.25, -0.2) is 0 Å². The van der Waals surface area contributed by atoms with E-state index in [0.29, 0.717) is 10.5 Å². The summed E-state index contributed by atoms with van der Waals surface area (Å²) in [5.41, 5.74) is 0.163. The first-order chi connectivity index (χ1) is 10.3. The zero-order chi connectivity index (χ0) is 16.3. The van der Waals surface area contributed by atoms with Gasteiger partial charge in [0.25, 0.3) is 0 Å². The number of hydrogen-bond donors (Lipinski definition) is 0. The van der Waals surface area contributed by atoms with E-state index in [4.69, 9.17) is 0 Å². The summed E-state index contributed by atoms with van der Waals surface area (Å²) in [5, 5.41) is 0. The second-order valence-corrected chi connectivity index (χ2v) is 5.71. The Morgan fingerprint density at radius 1 is 0.955 bits per heavy atom. The maximum atomic E-state index is 13.2. The van der Waals surface area contributed by atoms with Crippen molar-refractivity contribution in [2.75, 3.05) is 0 Å². The first kappa shape index (κ1) is 16.5. The van der Waals surface area contributed by atoms with Crippen LogP contribution in [0.2, 0.25) is 0 Å². The summed E-state index contributed by atoms with van der Waals surface area (Å²) in [6.07, 6.45) is -3.96. The molecule has 0 aliphatic carbocycles. The molecule has 0 aliphatic rings. The highest BCUT2D eigenvalue weighted by Gasteiger charge is 2.35. The molecule has 0 fully saturated rings. The Balaban J connectivity index is 2.43. The standard InChI is InChI=1S/C17H12BrF3O/c1-11-2-4-13(5-3-11)16(22)10-15(17(19,20)21)12-6-8-14(18)9-7-12/h2-10H,1H3. The van der Waals surface area contributed by atoms with E-state index >= 15 is 0 Å². The average molecular weight is 369 g/mol. The molecule has 0 atom stereocenters. The summed E-state index contributed by atoms with van der Waals surface area (Å²) < 4.78 is 40.3. The summed E-state index contributed by atoms with van der Waals surface area (Å²) in [5.74, 6) is -0.671. The van der Waals surface area contributed by atoms with E-state index in [9.17, 15) is 18.0 Å². The van der Waals surface area contributed by atoms with Crippen LogP contribution in [0, 0.1) is 6.92 Å². The zero-order valence-corrected chi connectivity index (χ0v) is 13.2. The molecule has 0 radical (unpaired) electrons. The molecule has 0 heterocycles. The van der Waals surface area contributed by atoms with Crippen LogP contribution in [-0.2, 0) is 0 Å².